The fourth-order valence-corrected chi connectivity index (χ4v) is 0.853. The van der Waals surface area contributed by atoms with Gasteiger partial charge in [0, 0.05) is 5.56 Å². The van der Waals surface area contributed by atoms with Crippen LogP contribution in [0.3, 0.4) is 0 Å². The molecule has 1 aromatic carbocycles. The van der Waals surface area contributed by atoms with Gasteiger partial charge < -0.3 is 0 Å². The molecular formula is C9H7F4. The van der Waals surface area contributed by atoms with Crippen LogP contribution < -0.4 is 0 Å². The first-order valence-corrected chi connectivity index (χ1v) is 3.53. The van der Waals surface area contributed by atoms with Gasteiger partial charge in [0.25, 0.3) is 0 Å². The molecule has 13 heavy (non-hydrogen) atoms. The highest BCUT2D eigenvalue weighted by atomic mass is 19.3. The Morgan fingerprint density at radius 1 is 1.08 bits per heavy atom. The van der Waals surface area contributed by atoms with Crippen LogP contribution in [0.5, 0.6) is 0 Å². The van der Waals surface area contributed by atoms with E-state index in [2.05, 4.69) is 6.92 Å². The molecule has 4 heteroatoms. The molecule has 0 aliphatic carbocycles. The number of hydrogen-bond acceptors (Lipinski definition) is 0. The number of benzene rings is 1. The molecule has 1 aromatic rings. The lowest BCUT2D eigenvalue weighted by Gasteiger charge is -2.15. The van der Waals surface area contributed by atoms with Crippen LogP contribution in [0, 0.1) is 6.92 Å². The van der Waals surface area contributed by atoms with Gasteiger partial charge in [-0.05, 0) is 12.5 Å². The van der Waals surface area contributed by atoms with E-state index in [0.717, 1.165) is 12.1 Å². The van der Waals surface area contributed by atoms with E-state index in [4.69, 9.17) is 0 Å². The molecular weight excluding hydrogens is 184 g/mol. The van der Waals surface area contributed by atoms with Crippen LogP contribution in [-0.2, 0) is 5.92 Å². The molecule has 0 amide bonds. The van der Waals surface area contributed by atoms with Gasteiger partial charge in [-0.2, -0.15) is 8.78 Å². The van der Waals surface area contributed by atoms with E-state index < -0.39 is 17.9 Å². The Balaban J connectivity index is 3.01. The molecule has 0 nitrogen and oxygen atoms in total. The SMILES string of the molecule is [CH2]c1ccc(C(F)(F)C(F)F)cc1. The van der Waals surface area contributed by atoms with Crippen molar-refractivity contribution in [3.63, 3.8) is 0 Å². The van der Waals surface area contributed by atoms with Crippen LogP contribution >= 0.6 is 0 Å². The highest BCUT2D eigenvalue weighted by molar-refractivity contribution is 5.27. The summed E-state index contributed by atoms with van der Waals surface area (Å²) in [5.74, 6) is -4.08. The predicted molar refractivity (Wildman–Crippen MR) is 40.8 cm³/mol. The van der Waals surface area contributed by atoms with Crippen molar-refractivity contribution in [2.45, 2.75) is 12.3 Å². The van der Waals surface area contributed by atoms with E-state index >= 15 is 0 Å². The summed E-state index contributed by atoms with van der Waals surface area (Å²) in [6.07, 6.45) is -3.68. The summed E-state index contributed by atoms with van der Waals surface area (Å²) in [6.45, 7) is 3.46. The Bertz CT molecular complexity index is 276. The van der Waals surface area contributed by atoms with Crippen molar-refractivity contribution in [1.82, 2.24) is 0 Å². The summed E-state index contributed by atoms with van der Waals surface area (Å²) in [5, 5.41) is 0. The first-order valence-electron chi connectivity index (χ1n) is 3.53. The molecule has 0 atom stereocenters. The summed E-state index contributed by atoms with van der Waals surface area (Å²) >= 11 is 0. The topological polar surface area (TPSA) is 0 Å². The number of alkyl halides is 4. The Morgan fingerprint density at radius 3 is 1.92 bits per heavy atom. The van der Waals surface area contributed by atoms with Crippen LogP contribution in [0.15, 0.2) is 24.3 Å². The minimum absolute atomic E-state index is 0.508. The first-order chi connectivity index (χ1) is 5.94. The highest BCUT2D eigenvalue weighted by Crippen LogP contribution is 2.34. The molecule has 0 fully saturated rings. The molecule has 0 spiro atoms. The lowest BCUT2D eigenvalue weighted by molar-refractivity contribution is -0.135. The summed E-state index contributed by atoms with van der Waals surface area (Å²) in [4.78, 5) is 0. The highest BCUT2D eigenvalue weighted by Gasteiger charge is 2.42. The summed E-state index contributed by atoms with van der Waals surface area (Å²) in [6, 6.07) is 4.44. The maximum absolute atomic E-state index is 12.6. The zero-order valence-corrected chi connectivity index (χ0v) is 6.61. The quantitative estimate of drug-likeness (QED) is 0.629. The molecule has 0 unspecified atom stereocenters. The minimum atomic E-state index is -4.08. The number of rotatable bonds is 2. The molecule has 0 aliphatic heterocycles. The molecule has 0 aliphatic rings. The third-order valence-electron chi connectivity index (χ3n) is 1.61. The average Bonchev–Trinajstić information content (AvgIpc) is 2.04. The molecule has 0 bridgehead atoms. The Labute approximate surface area is 73.2 Å². The van der Waals surface area contributed by atoms with Crippen molar-refractivity contribution in [2.75, 3.05) is 0 Å². The van der Waals surface area contributed by atoms with Crippen molar-refractivity contribution >= 4 is 0 Å². The number of hydrogen-bond donors (Lipinski definition) is 0. The third kappa shape index (κ3) is 1.99. The second-order valence-electron chi connectivity index (χ2n) is 2.62. The zero-order chi connectivity index (χ0) is 10.1. The molecule has 1 rings (SSSR count). The second kappa shape index (κ2) is 3.36. The van der Waals surface area contributed by atoms with E-state index in [0.29, 0.717) is 5.56 Å². The lowest BCUT2D eigenvalue weighted by atomic mass is 10.1. The van der Waals surface area contributed by atoms with Gasteiger partial charge in [0.05, 0.1) is 0 Å². The fraction of sp³-hybridized carbons (Fsp3) is 0.222. The largest absolute Gasteiger partial charge is 0.332 e. The maximum Gasteiger partial charge on any atom is 0.332 e. The van der Waals surface area contributed by atoms with Gasteiger partial charge >= 0.3 is 12.3 Å². The Kier molecular flexibility index (Phi) is 2.59. The van der Waals surface area contributed by atoms with Crippen molar-refractivity contribution in [2.24, 2.45) is 0 Å². The van der Waals surface area contributed by atoms with Gasteiger partial charge in [-0.25, -0.2) is 8.78 Å². The summed E-state index contributed by atoms with van der Waals surface area (Å²) in [7, 11) is 0. The monoisotopic (exact) mass is 191 g/mol. The predicted octanol–water partition coefficient (Wildman–Crippen LogP) is 3.23. The van der Waals surface area contributed by atoms with Crippen molar-refractivity contribution in [3.05, 3.63) is 42.3 Å². The third-order valence-corrected chi connectivity index (χ3v) is 1.61. The van der Waals surface area contributed by atoms with Crippen LogP contribution in [0.2, 0.25) is 0 Å². The molecule has 71 valence electrons. The molecule has 0 N–H and O–H groups in total. The van der Waals surface area contributed by atoms with Crippen molar-refractivity contribution < 1.29 is 17.6 Å². The van der Waals surface area contributed by atoms with Crippen LogP contribution in [0.4, 0.5) is 17.6 Å². The first kappa shape index (κ1) is 10.0. The zero-order valence-electron chi connectivity index (χ0n) is 6.61. The standard InChI is InChI=1S/C9H7F4/c1-6-2-4-7(5-3-6)9(12,13)8(10)11/h2-5,8H,1H2. The van der Waals surface area contributed by atoms with E-state index in [1.807, 2.05) is 0 Å². The Hall–Kier alpha value is -1.06. The Morgan fingerprint density at radius 2 is 1.54 bits per heavy atom. The van der Waals surface area contributed by atoms with Crippen LogP contribution in [0.25, 0.3) is 0 Å². The van der Waals surface area contributed by atoms with Gasteiger partial charge in [-0.1, -0.05) is 24.3 Å². The smallest absolute Gasteiger partial charge is 0.203 e. The van der Waals surface area contributed by atoms with E-state index in [1.54, 1.807) is 0 Å². The van der Waals surface area contributed by atoms with Crippen molar-refractivity contribution in [1.29, 1.82) is 0 Å². The fourth-order valence-electron chi connectivity index (χ4n) is 0.853. The molecule has 1 radical (unpaired) electrons. The van der Waals surface area contributed by atoms with E-state index in [1.165, 1.54) is 12.1 Å². The van der Waals surface area contributed by atoms with Gasteiger partial charge in [0.1, 0.15) is 0 Å². The van der Waals surface area contributed by atoms with E-state index in [9.17, 15) is 17.6 Å². The average molecular weight is 191 g/mol. The molecule has 0 aromatic heterocycles. The summed E-state index contributed by atoms with van der Waals surface area (Å²) < 4.78 is 48.9. The van der Waals surface area contributed by atoms with Crippen molar-refractivity contribution in [3.8, 4) is 0 Å². The van der Waals surface area contributed by atoms with Crippen LogP contribution in [-0.4, -0.2) is 6.43 Å². The lowest BCUT2D eigenvalue weighted by Crippen LogP contribution is -2.23. The molecule has 0 heterocycles. The summed E-state index contributed by atoms with van der Waals surface area (Å²) in [5.41, 5.74) is -0.177. The van der Waals surface area contributed by atoms with Gasteiger partial charge in [0.15, 0.2) is 0 Å². The minimum Gasteiger partial charge on any atom is -0.203 e. The number of halogens is 4. The van der Waals surface area contributed by atoms with Crippen LogP contribution in [0.1, 0.15) is 11.1 Å². The normalized spacial score (nSPS) is 12.2. The van der Waals surface area contributed by atoms with Gasteiger partial charge in [-0.15, -0.1) is 0 Å². The maximum atomic E-state index is 12.6. The van der Waals surface area contributed by atoms with Gasteiger partial charge in [0.2, 0.25) is 0 Å². The van der Waals surface area contributed by atoms with E-state index in [-0.39, 0.29) is 0 Å². The molecule has 0 saturated carbocycles. The van der Waals surface area contributed by atoms with Gasteiger partial charge in [-0.3, -0.25) is 0 Å². The molecule has 0 saturated heterocycles. The second-order valence-corrected chi connectivity index (χ2v) is 2.62.